The molecule has 1 heterocycles. The number of nitrogens with one attached hydrogen (secondary N) is 1. The van der Waals surface area contributed by atoms with E-state index in [4.69, 9.17) is 0 Å². The Morgan fingerprint density at radius 3 is 2.84 bits per heavy atom. The lowest BCUT2D eigenvalue weighted by molar-refractivity contribution is -0.125. The standard InChI is InChI=1S/C14H20BrNO2S/c1-8(2)14(3,7-17)16-13(18)11-5-10(11)9-4-12(15)19-6-9/h4,6,8,10-11,17H,5,7H2,1-3H3,(H,16,18)/t10-,11+,14?/m0/s1. The summed E-state index contributed by atoms with van der Waals surface area (Å²) in [7, 11) is 0. The Morgan fingerprint density at radius 2 is 2.37 bits per heavy atom. The Balaban J connectivity index is 1.96. The fourth-order valence-corrected chi connectivity index (χ4v) is 3.35. The molecule has 1 aromatic heterocycles. The van der Waals surface area contributed by atoms with Crippen molar-refractivity contribution in [3.8, 4) is 0 Å². The smallest absolute Gasteiger partial charge is 0.224 e. The normalized spacial score (nSPS) is 25.2. The van der Waals surface area contributed by atoms with E-state index in [1.165, 1.54) is 5.56 Å². The van der Waals surface area contributed by atoms with Gasteiger partial charge in [-0.1, -0.05) is 13.8 Å². The van der Waals surface area contributed by atoms with Gasteiger partial charge in [-0.15, -0.1) is 11.3 Å². The molecule has 0 saturated heterocycles. The van der Waals surface area contributed by atoms with Crippen molar-refractivity contribution >= 4 is 33.2 Å². The predicted molar refractivity (Wildman–Crippen MR) is 81.3 cm³/mol. The molecule has 1 aliphatic rings. The summed E-state index contributed by atoms with van der Waals surface area (Å²) in [6.45, 7) is 5.89. The van der Waals surface area contributed by atoms with Crippen LogP contribution in [-0.2, 0) is 4.79 Å². The van der Waals surface area contributed by atoms with Gasteiger partial charge in [-0.2, -0.15) is 0 Å². The highest BCUT2D eigenvalue weighted by Crippen LogP contribution is 2.49. The summed E-state index contributed by atoms with van der Waals surface area (Å²) in [5.41, 5.74) is 0.715. The minimum Gasteiger partial charge on any atom is -0.394 e. The van der Waals surface area contributed by atoms with Crippen molar-refractivity contribution in [1.82, 2.24) is 5.32 Å². The van der Waals surface area contributed by atoms with Crippen LogP contribution in [0.1, 0.15) is 38.7 Å². The van der Waals surface area contributed by atoms with E-state index in [0.29, 0.717) is 5.92 Å². The van der Waals surface area contributed by atoms with Gasteiger partial charge in [-0.3, -0.25) is 4.79 Å². The maximum Gasteiger partial charge on any atom is 0.224 e. The number of aliphatic hydroxyl groups is 1. The number of rotatable bonds is 5. The van der Waals surface area contributed by atoms with Gasteiger partial charge in [-0.05, 0) is 58.1 Å². The summed E-state index contributed by atoms with van der Waals surface area (Å²) in [5, 5.41) is 14.6. The zero-order chi connectivity index (χ0) is 14.2. The average Bonchev–Trinajstić information content (AvgIpc) is 3.05. The van der Waals surface area contributed by atoms with Gasteiger partial charge >= 0.3 is 0 Å². The molecule has 3 atom stereocenters. The van der Waals surface area contributed by atoms with Crippen molar-refractivity contribution < 1.29 is 9.90 Å². The van der Waals surface area contributed by atoms with Crippen LogP contribution in [0.5, 0.6) is 0 Å². The number of aliphatic hydroxyl groups excluding tert-OH is 1. The van der Waals surface area contributed by atoms with Crippen LogP contribution in [0.3, 0.4) is 0 Å². The number of halogens is 1. The molecule has 0 spiro atoms. The quantitative estimate of drug-likeness (QED) is 0.861. The summed E-state index contributed by atoms with van der Waals surface area (Å²) in [4.78, 5) is 12.2. The van der Waals surface area contributed by atoms with E-state index in [0.717, 1.165) is 10.2 Å². The van der Waals surface area contributed by atoms with E-state index in [-0.39, 0.29) is 24.3 Å². The zero-order valence-corrected chi connectivity index (χ0v) is 13.8. The molecule has 1 aliphatic carbocycles. The van der Waals surface area contributed by atoms with Gasteiger partial charge < -0.3 is 10.4 Å². The Kier molecular flexibility index (Phi) is 4.38. The molecule has 106 valence electrons. The Labute approximate surface area is 126 Å². The average molecular weight is 346 g/mol. The van der Waals surface area contributed by atoms with Gasteiger partial charge in [0.1, 0.15) is 0 Å². The van der Waals surface area contributed by atoms with Crippen molar-refractivity contribution in [2.45, 2.75) is 38.6 Å². The van der Waals surface area contributed by atoms with Crippen LogP contribution < -0.4 is 5.32 Å². The molecule has 2 rings (SSSR count). The molecule has 1 saturated carbocycles. The maximum absolute atomic E-state index is 12.2. The Morgan fingerprint density at radius 1 is 1.68 bits per heavy atom. The molecule has 0 bridgehead atoms. The van der Waals surface area contributed by atoms with Crippen LogP contribution in [0.2, 0.25) is 0 Å². The first-order valence-corrected chi connectivity index (χ1v) is 8.21. The van der Waals surface area contributed by atoms with E-state index >= 15 is 0 Å². The highest BCUT2D eigenvalue weighted by Gasteiger charge is 2.46. The fourth-order valence-electron chi connectivity index (χ4n) is 2.11. The lowest BCUT2D eigenvalue weighted by Crippen LogP contribution is -2.53. The Hall–Kier alpha value is -0.390. The Bertz CT molecular complexity index is 474. The second-order valence-corrected chi connectivity index (χ2v) is 8.14. The molecule has 2 N–H and O–H groups in total. The van der Waals surface area contributed by atoms with Gasteiger partial charge in [0.2, 0.25) is 5.91 Å². The highest BCUT2D eigenvalue weighted by atomic mass is 79.9. The van der Waals surface area contributed by atoms with Crippen molar-refractivity contribution in [2.24, 2.45) is 11.8 Å². The van der Waals surface area contributed by atoms with E-state index in [2.05, 4.69) is 32.7 Å². The van der Waals surface area contributed by atoms with Crippen molar-refractivity contribution in [3.05, 3.63) is 20.8 Å². The third-order valence-corrected chi connectivity index (χ3v) is 5.68. The highest BCUT2D eigenvalue weighted by molar-refractivity contribution is 9.11. The lowest BCUT2D eigenvalue weighted by Gasteiger charge is -2.33. The molecule has 5 heteroatoms. The van der Waals surface area contributed by atoms with E-state index in [1.807, 2.05) is 20.8 Å². The van der Waals surface area contributed by atoms with E-state index in [1.54, 1.807) is 11.3 Å². The summed E-state index contributed by atoms with van der Waals surface area (Å²) in [5.74, 6) is 0.676. The predicted octanol–water partition coefficient (Wildman–Crippen LogP) is 3.14. The van der Waals surface area contributed by atoms with Crippen LogP contribution in [-0.4, -0.2) is 23.2 Å². The molecular formula is C14H20BrNO2S. The summed E-state index contributed by atoms with van der Waals surface area (Å²) in [6, 6.07) is 2.09. The van der Waals surface area contributed by atoms with Crippen molar-refractivity contribution in [3.63, 3.8) is 0 Å². The van der Waals surface area contributed by atoms with E-state index in [9.17, 15) is 9.90 Å². The first kappa shape index (κ1) is 15.0. The van der Waals surface area contributed by atoms with Crippen molar-refractivity contribution in [2.75, 3.05) is 6.61 Å². The van der Waals surface area contributed by atoms with Crippen molar-refractivity contribution in [1.29, 1.82) is 0 Å². The molecule has 1 fully saturated rings. The largest absolute Gasteiger partial charge is 0.394 e. The summed E-state index contributed by atoms with van der Waals surface area (Å²) < 4.78 is 1.11. The number of thiophene rings is 1. The van der Waals surface area contributed by atoms with Gasteiger partial charge in [0.15, 0.2) is 0 Å². The third kappa shape index (κ3) is 3.20. The third-order valence-electron chi connectivity index (χ3n) is 4.15. The number of amides is 1. The summed E-state index contributed by atoms with van der Waals surface area (Å²) >= 11 is 5.10. The molecular weight excluding hydrogens is 326 g/mol. The molecule has 0 radical (unpaired) electrons. The van der Waals surface area contributed by atoms with Gasteiger partial charge in [-0.25, -0.2) is 0 Å². The molecule has 19 heavy (non-hydrogen) atoms. The fraction of sp³-hybridized carbons (Fsp3) is 0.643. The molecule has 0 aliphatic heterocycles. The molecule has 1 unspecified atom stereocenters. The molecule has 1 amide bonds. The zero-order valence-electron chi connectivity index (χ0n) is 11.4. The first-order valence-electron chi connectivity index (χ1n) is 6.54. The van der Waals surface area contributed by atoms with Gasteiger partial charge in [0, 0.05) is 5.92 Å². The molecule has 3 nitrogen and oxygen atoms in total. The second kappa shape index (κ2) is 5.54. The summed E-state index contributed by atoms with van der Waals surface area (Å²) in [6.07, 6.45) is 0.911. The number of hydrogen-bond donors (Lipinski definition) is 2. The minimum absolute atomic E-state index is 0.0300. The van der Waals surface area contributed by atoms with Crippen LogP contribution >= 0.6 is 27.3 Å². The lowest BCUT2D eigenvalue weighted by atomic mass is 9.89. The van der Waals surface area contributed by atoms with Crippen LogP contribution in [0.15, 0.2) is 15.2 Å². The van der Waals surface area contributed by atoms with Gasteiger partial charge in [0.25, 0.3) is 0 Å². The van der Waals surface area contributed by atoms with Gasteiger partial charge in [0.05, 0.1) is 15.9 Å². The van der Waals surface area contributed by atoms with E-state index < -0.39 is 5.54 Å². The SMILES string of the molecule is CC(C)C(C)(CO)NC(=O)[C@@H]1C[C@H]1c1csc(Br)c1. The second-order valence-electron chi connectivity index (χ2n) is 5.85. The number of carbonyl (C=O) groups is 1. The number of hydrogen-bond acceptors (Lipinski definition) is 3. The monoisotopic (exact) mass is 345 g/mol. The number of carbonyl (C=O) groups excluding carboxylic acids is 1. The maximum atomic E-state index is 12.2. The first-order chi connectivity index (χ1) is 8.87. The molecule has 0 aromatic carbocycles. The van der Waals surface area contributed by atoms with Crippen LogP contribution in [0.4, 0.5) is 0 Å². The molecule has 1 aromatic rings. The minimum atomic E-state index is -0.528. The van der Waals surface area contributed by atoms with Crippen LogP contribution in [0.25, 0.3) is 0 Å². The van der Waals surface area contributed by atoms with Crippen LogP contribution in [0, 0.1) is 11.8 Å². The topological polar surface area (TPSA) is 49.3 Å².